The second-order valence-electron chi connectivity index (χ2n) is 4.14. The Morgan fingerprint density at radius 2 is 1.86 bits per heavy atom. The van der Waals surface area contributed by atoms with Crippen LogP contribution in [0.25, 0.3) is 0 Å². The topological polar surface area (TPSA) is 49.4 Å². The molecule has 0 bridgehead atoms. The molecule has 2 rings (SSSR count). The lowest BCUT2D eigenvalue weighted by atomic mass is 9.77. The van der Waals surface area contributed by atoms with Crippen LogP contribution in [0.1, 0.15) is 19.3 Å². The lowest BCUT2D eigenvalue weighted by Gasteiger charge is -2.34. The fourth-order valence-corrected chi connectivity index (χ4v) is 2.14. The monoisotopic (exact) mass is 262 g/mol. The Morgan fingerprint density at radius 3 is 2.29 bits per heavy atom. The first-order chi connectivity index (χ1) is 6.12. The zero-order valence-corrected chi connectivity index (χ0v) is 9.92. The number of imide groups is 1. The van der Waals surface area contributed by atoms with Gasteiger partial charge in [0.2, 0.25) is 11.8 Å². The maximum Gasteiger partial charge on any atom is 0.233 e. The number of nitrogens with zero attached hydrogens (tertiary/aromatic N) is 1. The highest BCUT2D eigenvalue weighted by Crippen LogP contribution is 2.37. The summed E-state index contributed by atoms with van der Waals surface area (Å²) in [6.45, 7) is 1.83. The number of nitrogens with one attached hydrogen (secondary N) is 1. The minimum atomic E-state index is -0.358. The maximum atomic E-state index is 11.5. The van der Waals surface area contributed by atoms with Crippen LogP contribution in [0.2, 0.25) is 0 Å². The van der Waals surface area contributed by atoms with Crippen LogP contribution in [-0.2, 0) is 9.59 Å². The summed E-state index contributed by atoms with van der Waals surface area (Å²) in [6, 6.07) is 0. The van der Waals surface area contributed by atoms with E-state index in [1.54, 1.807) is 0 Å². The van der Waals surface area contributed by atoms with Gasteiger partial charge in [0, 0.05) is 6.42 Å². The quantitative estimate of drug-likeness (QED) is 0.640. The molecule has 2 fully saturated rings. The lowest BCUT2D eigenvalue weighted by molar-refractivity contribution is -0.130. The molecule has 1 spiro atoms. The van der Waals surface area contributed by atoms with Crippen LogP contribution >= 0.6 is 17.0 Å². The van der Waals surface area contributed by atoms with Gasteiger partial charge in [0.15, 0.2) is 0 Å². The van der Waals surface area contributed by atoms with Crippen molar-refractivity contribution >= 4 is 28.8 Å². The molecule has 0 aromatic heterocycles. The van der Waals surface area contributed by atoms with Gasteiger partial charge in [-0.05, 0) is 33.0 Å². The molecule has 1 N–H and O–H groups in total. The maximum absolute atomic E-state index is 11.5. The first-order valence-corrected chi connectivity index (χ1v) is 4.65. The van der Waals surface area contributed by atoms with Crippen LogP contribution in [0.15, 0.2) is 0 Å². The van der Waals surface area contributed by atoms with Gasteiger partial charge in [0.05, 0.1) is 5.41 Å². The molecular weight excluding hydrogens is 248 g/mol. The highest BCUT2D eigenvalue weighted by molar-refractivity contribution is 8.93. The summed E-state index contributed by atoms with van der Waals surface area (Å²) >= 11 is 0. The molecular formula is C9H15BrN2O2. The highest BCUT2D eigenvalue weighted by atomic mass is 79.9. The Kier molecular flexibility index (Phi) is 3.32. The summed E-state index contributed by atoms with van der Waals surface area (Å²) in [5.41, 5.74) is -0.358. The predicted molar refractivity (Wildman–Crippen MR) is 57.3 cm³/mol. The van der Waals surface area contributed by atoms with Gasteiger partial charge in [-0.1, -0.05) is 0 Å². The molecule has 80 valence electrons. The third kappa shape index (κ3) is 1.83. The molecule has 2 aliphatic heterocycles. The lowest BCUT2D eigenvalue weighted by Crippen LogP contribution is -2.42. The number of amides is 2. The Bertz CT molecular complexity index is 260. The molecule has 0 radical (unpaired) electrons. The van der Waals surface area contributed by atoms with E-state index in [1.807, 2.05) is 7.05 Å². The van der Waals surface area contributed by atoms with Gasteiger partial charge in [-0.25, -0.2) is 0 Å². The molecule has 4 nitrogen and oxygen atoms in total. The minimum Gasteiger partial charge on any atom is -0.306 e. The Balaban J connectivity index is 0.000000980. The van der Waals surface area contributed by atoms with Crippen molar-refractivity contribution < 1.29 is 9.59 Å². The van der Waals surface area contributed by atoms with E-state index in [9.17, 15) is 9.59 Å². The van der Waals surface area contributed by atoms with Crippen molar-refractivity contribution in [1.82, 2.24) is 10.2 Å². The van der Waals surface area contributed by atoms with E-state index in [1.165, 1.54) is 0 Å². The number of likely N-dealkylation sites (tertiary alicyclic amines) is 1. The van der Waals surface area contributed by atoms with Crippen LogP contribution in [0.4, 0.5) is 0 Å². The van der Waals surface area contributed by atoms with Gasteiger partial charge in [0.1, 0.15) is 0 Å². The summed E-state index contributed by atoms with van der Waals surface area (Å²) < 4.78 is 0. The molecule has 14 heavy (non-hydrogen) atoms. The van der Waals surface area contributed by atoms with Crippen LogP contribution in [0, 0.1) is 5.41 Å². The summed E-state index contributed by atoms with van der Waals surface area (Å²) in [5.74, 6) is -0.153. The molecule has 2 aliphatic rings. The molecule has 0 atom stereocenters. The molecule has 2 saturated heterocycles. The van der Waals surface area contributed by atoms with Crippen molar-refractivity contribution in [3.8, 4) is 0 Å². The highest BCUT2D eigenvalue weighted by Gasteiger charge is 2.47. The third-order valence-electron chi connectivity index (χ3n) is 3.18. The van der Waals surface area contributed by atoms with Gasteiger partial charge in [-0.3, -0.25) is 14.9 Å². The molecule has 2 amide bonds. The van der Waals surface area contributed by atoms with Crippen LogP contribution in [0.3, 0.4) is 0 Å². The van der Waals surface area contributed by atoms with Gasteiger partial charge in [-0.15, -0.1) is 17.0 Å². The van der Waals surface area contributed by atoms with Crippen LogP contribution in [-0.4, -0.2) is 36.9 Å². The molecule has 0 aromatic carbocycles. The number of halogens is 1. The van der Waals surface area contributed by atoms with Gasteiger partial charge >= 0.3 is 0 Å². The van der Waals surface area contributed by atoms with E-state index in [0.717, 1.165) is 25.9 Å². The molecule has 0 saturated carbocycles. The number of piperidine rings is 1. The number of rotatable bonds is 0. The largest absolute Gasteiger partial charge is 0.306 e. The zero-order valence-electron chi connectivity index (χ0n) is 8.21. The van der Waals surface area contributed by atoms with E-state index >= 15 is 0 Å². The van der Waals surface area contributed by atoms with Crippen molar-refractivity contribution in [2.45, 2.75) is 19.3 Å². The van der Waals surface area contributed by atoms with Crippen molar-refractivity contribution in [2.24, 2.45) is 5.41 Å². The number of hydrogen-bond donors (Lipinski definition) is 1. The zero-order chi connectivity index (χ0) is 9.47. The standard InChI is InChI=1S/C9H14N2O2.BrH/c1-11-4-2-9(3-5-11)6-7(12)10-8(9)13;/h2-6H2,1H3,(H,10,12,13);1H. The van der Waals surface area contributed by atoms with E-state index in [0.29, 0.717) is 6.42 Å². The normalized spacial score (nSPS) is 26.1. The first kappa shape index (κ1) is 11.7. The molecule has 5 heteroatoms. The molecule has 2 heterocycles. The fraction of sp³-hybridized carbons (Fsp3) is 0.778. The molecule has 0 aromatic rings. The SMILES string of the molecule is Br.CN1CCC2(CC1)CC(=O)NC2=O. The predicted octanol–water partition coefficient (Wildman–Crippen LogP) is 0.323. The van der Waals surface area contributed by atoms with E-state index in [-0.39, 0.29) is 34.2 Å². The average molecular weight is 263 g/mol. The fourth-order valence-electron chi connectivity index (χ4n) is 2.14. The average Bonchev–Trinajstić information content (AvgIpc) is 2.34. The third-order valence-corrected chi connectivity index (χ3v) is 3.18. The second-order valence-corrected chi connectivity index (χ2v) is 4.14. The van der Waals surface area contributed by atoms with Crippen LogP contribution in [0.5, 0.6) is 0 Å². The van der Waals surface area contributed by atoms with Gasteiger partial charge in [-0.2, -0.15) is 0 Å². The number of carbonyl (C=O) groups is 2. The number of carbonyl (C=O) groups excluding carboxylic acids is 2. The number of hydrogen-bond acceptors (Lipinski definition) is 3. The van der Waals surface area contributed by atoms with E-state index in [4.69, 9.17) is 0 Å². The summed E-state index contributed by atoms with van der Waals surface area (Å²) in [7, 11) is 2.04. The minimum absolute atomic E-state index is 0. The van der Waals surface area contributed by atoms with E-state index in [2.05, 4.69) is 10.2 Å². The smallest absolute Gasteiger partial charge is 0.233 e. The van der Waals surface area contributed by atoms with Crippen molar-refractivity contribution in [3.05, 3.63) is 0 Å². The molecule has 0 aliphatic carbocycles. The Labute approximate surface area is 93.8 Å². The summed E-state index contributed by atoms with van der Waals surface area (Å²) in [4.78, 5) is 24.8. The van der Waals surface area contributed by atoms with Crippen molar-refractivity contribution in [2.75, 3.05) is 20.1 Å². The van der Waals surface area contributed by atoms with Gasteiger partial charge in [0.25, 0.3) is 0 Å². The Hall–Kier alpha value is -0.420. The summed E-state index contributed by atoms with van der Waals surface area (Å²) in [6.07, 6.45) is 2.04. The molecule has 0 unspecified atom stereocenters. The van der Waals surface area contributed by atoms with Gasteiger partial charge < -0.3 is 4.90 Å². The summed E-state index contributed by atoms with van der Waals surface area (Å²) in [5, 5.41) is 2.40. The Morgan fingerprint density at radius 1 is 1.29 bits per heavy atom. The first-order valence-electron chi connectivity index (χ1n) is 4.65. The van der Waals surface area contributed by atoms with E-state index < -0.39 is 0 Å². The van der Waals surface area contributed by atoms with Crippen LogP contribution < -0.4 is 5.32 Å². The van der Waals surface area contributed by atoms with Crippen molar-refractivity contribution in [1.29, 1.82) is 0 Å². The second kappa shape index (κ2) is 3.98. The van der Waals surface area contributed by atoms with Crippen molar-refractivity contribution in [3.63, 3.8) is 0 Å².